The second-order valence-electron chi connectivity index (χ2n) is 11.9. The van der Waals surface area contributed by atoms with E-state index >= 15 is 4.39 Å². The summed E-state index contributed by atoms with van der Waals surface area (Å²) in [6, 6.07) is 7.61. The molecule has 3 N–H and O–H groups in total. The van der Waals surface area contributed by atoms with Crippen LogP contribution in [-0.2, 0) is 24.1 Å². The summed E-state index contributed by atoms with van der Waals surface area (Å²) >= 11 is 1.14. The van der Waals surface area contributed by atoms with E-state index in [1.807, 2.05) is 20.8 Å². The Labute approximate surface area is 276 Å². The first kappa shape index (κ1) is 35.2. The molecule has 3 aromatic heterocycles. The lowest BCUT2D eigenvalue weighted by molar-refractivity contribution is -0.137. The van der Waals surface area contributed by atoms with Crippen molar-refractivity contribution in [1.82, 2.24) is 15.0 Å². The third-order valence-electron chi connectivity index (χ3n) is 6.54. The monoisotopic (exact) mass is 685 g/mol. The zero-order valence-electron chi connectivity index (χ0n) is 27.2. The van der Waals surface area contributed by atoms with Gasteiger partial charge < -0.3 is 19.9 Å². The summed E-state index contributed by atoms with van der Waals surface area (Å²) in [5, 5.41) is 17.2. The molecular weight excluding hydrogens is 650 g/mol. The van der Waals surface area contributed by atoms with Crippen molar-refractivity contribution in [2.45, 2.75) is 60.0 Å². The van der Waals surface area contributed by atoms with Crippen LogP contribution in [-0.4, -0.2) is 59.0 Å². The highest BCUT2D eigenvalue weighted by molar-refractivity contribution is 7.95. The second-order valence-corrected chi connectivity index (χ2v) is 14.8. The molecule has 0 aliphatic heterocycles. The predicted molar refractivity (Wildman–Crippen MR) is 180 cm³/mol. The van der Waals surface area contributed by atoms with Crippen LogP contribution in [0.25, 0.3) is 27.2 Å². The SMILES string of the molecule is CCOC(=O)/C(=C(\O)c1cc(F)c(-c2cccc3sc(NC(=O)OC(C)(C)C)nc23)nc1Nc1c(C)ccnc1C(C)C)S(C)(=O)=O. The number of nitrogens with one attached hydrogen (secondary N) is 2. The van der Waals surface area contributed by atoms with E-state index in [2.05, 4.69) is 25.6 Å². The minimum Gasteiger partial charge on any atom is -0.506 e. The number of anilines is 3. The molecule has 250 valence electrons. The van der Waals surface area contributed by atoms with Crippen molar-refractivity contribution in [2.75, 3.05) is 23.5 Å². The molecule has 1 aromatic carbocycles. The first-order valence-electron chi connectivity index (χ1n) is 14.5. The molecule has 0 aliphatic carbocycles. The van der Waals surface area contributed by atoms with Gasteiger partial charge >= 0.3 is 12.1 Å². The summed E-state index contributed by atoms with van der Waals surface area (Å²) in [6.07, 6.45) is 1.65. The van der Waals surface area contributed by atoms with Crippen molar-refractivity contribution in [3.05, 3.63) is 64.1 Å². The van der Waals surface area contributed by atoms with Crippen LogP contribution >= 0.6 is 11.3 Å². The number of aromatic nitrogens is 3. The number of amides is 1. The van der Waals surface area contributed by atoms with Gasteiger partial charge in [0.15, 0.2) is 25.6 Å². The second kappa shape index (κ2) is 13.6. The van der Waals surface area contributed by atoms with Crippen LogP contribution in [0.15, 0.2) is 41.4 Å². The molecule has 0 radical (unpaired) electrons. The van der Waals surface area contributed by atoms with Crippen LogP contribution in [0.3, 0.4) is 0 Å². The van der Waals surface area contributed by atoms with E-state index in [1.165, 1.54) is 6.92 Å². The Bertz CT molecular complexity index is 2000. The Kier molecular flexibility index (Phi) is 10.2. The third kappa shape index (κ3) is 8.03. The van der Waals surface area contributed by atoms with Crippen LogP contribution in [0.1, 0.15) is 64.3 Å². The largest absolute Gasteiger partial charge is 0.506 e. The topological polar surface area (TPSA) is 170 Å². The smallest absolute Gasteiger partial charge is 0.413 e. The van der Waals surface area contributed by atoms with Gasteiger partial charge in [0.05, 0.1) is 33.8 Å². The third-order valence-corrected chi connectivity index (χ3v) is 8.58. The number of aryl methyl sites for hydroxylation is 1. The Balaban J connectivity index is 1.97. The van der Waals surface area contributed by atoms with Crippen LogP contribution in [0.5, 0.6) is 0 Å². The average molecular weight is 686 g/mol. The molecule has 0 saturated heterocycles. The van der Waals surface area contributed by atoms with Crippen LogP contribution in [0.2, 0.25) is 0 Å². The lowest BCUT2D eigenvalue weighted by Gasteiger charge is -2.19. The summed E-state index contributed by atoms with van der Waals surface area (Å²) in [4.78, 5) is 37.6. The molecule has 0 fully saturated rings. The van der Waals surface area contributed by atoms with Gasteiger partial charge in [-0.25, -0.2) is 32.4 Å². The number of sulfone groups is 1. The minimum absolute atomic E-state index is 0.0735. The number of aliphatic hydroxyl groups excluding tert-OH is 1. The van der Waals surface area contributed by atoms with Crippen molar-refractivity contribution in [2.24, 2.45) is 0 Å². The highest BCUT2D eigenvalue weighted by Gasteiger charge is 2.31. The molecule has 0 spiro atoms. The van der Waals surface area contributed by atoms with Crippen molar-refractivity contribution < 1.29 is 37.0 Å². The molecule has 1 amide bonds. The molecule has 12 nitrogen and oxygen atoms in total. The summed E-state index contributed by atoms with van der Waals surface area (Å²) in [5.74, 6) is -3.55. The van der Waals surface area contributed by atoms with E-state index in [0.717, 1.165) is 29.2 Å². The van der Waals surface area contributed by atoms with E-state index in [4.69, 9.17) is 9.47 Å². The number of pyridine rings is 2. The molecule has 0 atom stereocenters. The number of ether oxygens (including phenoxy) is 2. The maximum Gasteiger partial charge on any atom is 0.413 e. The highest BCUT2D eigenvalue weighted by Crippen LogP contribution is 2.38. The number of hydrogen-bond donors (Lipinski definition) is 3. The molecule has 47 heavy (non-hydrogen) atoms. The van der Waals surface area contributed by atoms with E-state index in [1.54, 1.807) is 51.2 Å². The fourth-order valence-corrected chi connectivity index (χ4v) is 6.28. The van der Waals surface area contributed by atoms with Crippen LogP contribution < -0.4 is 10.6 Å². The Morgan fingerprint density at radius 3 is 2.47 bits per heavy atom. The average Bonchev–Trinajstić information content (AvgIpc) is 3.35. The highest BCUT2D eigenvalue weighted by atomic mass is 32.2. The van der Waals surface area contributed by atoms with Gasteiger partial charge in [0.1, 0.15) is 22.9 Å². The van der Waals surface area contributed by atoms with Gasteiger partial charge in [-0.05, 0) is 64.3 Å². The number of halogens is 1. The molecule has 4 rings (SSSR count). The Morgan fingerprint density at radius 1 is 1.15 bits per heavy atom. The first-order valence-corrected chi connectivity index (χ1v) is 17.3. The number of hydrogen-bond acceptors (Lipinski definition) is 12. The minimum atomic E-state index is -4.36. The number of para-hydroxylation sites is 1. The van der Waals surface area contributed by atoms with E-state index in [0.29, 0.717) is 21.6 Å². The number of benzene rings is 1. The number of carbonyl (C=O) groups excluding carboxylic acids is 2. The standard InChI is InChI=1S/C32H36FN5O7S2/c1-9-44-29(40)27(47(8,42)43)26(39)19-15-20(33)24(36-28(19)35-23-17(4)13-14-34-22(23)16(2)3)18-11-10-12-21-25(18)37-30(46-21)38-31(41)45-32(5,6)7/h10-16,39H,9H2,1-8H3,(H,35,36)(H,37,38,41)/b27-26+. The molecule has 4 aromatic rings. The fraction of sp³-hybridized carbons (Fsp3) is 0.344. The molecule has 0 saturated carbocycles. The van der Waals surface area contributed by atoms with Crippen molar-refractivity contribution in [1.29, 1.82) is 0 Å². The van der Waals surface area contributed by atoms with Gasteiger partial charge in [0, 0.05) is 18.0 Å². The van der Waals surface area contributed by atoms with Crippen LogP contribution in [0, 0.1) is 12.7 Å². The normalized spacial score (nSPS) is 12.6. The van der Waals surface area contributed by atoms with Crippen molar-refractivity contribution >= 4 is 65.8 Å². The molecule has 15 heteroatoms. The lowest BCUT2D eigenvalue weighted by Crippen LogP contribution is -2.27. The summed E-state index contributed by atoms with van der Waals surface area (Å²) in [5.41, 5.74) is 1.07. The van der Waals surface area contributed by atoms with Gasteiger partial charge in [-0.1, -0.05) is 37.3 Å². The zero-order chi connectivity index (χ0) is 34.8. The summed E-state index contributed by atoms with van der Waals surface area (Å²) in [7, 11) is -4.36. The Hall–Kier alpha value is -4.63. The molecular formula is C32H36FN5O7S2. The van der Waals surface area contributed by atoms with Crippen molar-refractivity contribution in [3.63, 3.8) is 0 Å². The van der Waals surface area contributed by atoms with Gasteiger partial charge in [-0.3, -0.25) is 10.3 Å². The Morgan fingerprint density at radius 2 is 1.85 bits per heavy atom. The van der Waals surface area contributed by atoms with Crippen LogP contribution in [0.4, 0.5) is 25.8 Å². The quantitative estimate of drug-likeness (QED) is 0.0921. The number of esters is 1. The fourth-order valence-electron chi connectivity index (χ4n) is 4.58. The number of thiazole rings is 1. The van der Waals surface area contributed by atoms with Gasteiger partial charge in [0.2, 0.25) is 0 Å². The number of fused-ring (bicyclic) bond motifs is 1. The van der Waals surface area contributed by atoms with Crippen molar-refractivity contribution in [3.8, 4) is 11.3 Å². The maximum atomic E-state index is 16.1. The van der Waals surface area contributed by atoms with Gasteiger partial charge in [-0.2, -0.15) is 0 Å². The summed E-state index contributed by atoms with van der Waals surface area (Å²) in [6.45, 7) is 12.1. The molecule has 3 heterocycles. The van der Waals surface area contributed by atoms with E-state index in [9.17, 15) is 23.1 Å². The number of nitrogens with zero attached hydrogens (tertiary/aromatic N) is 3. The first-order chi connectivity index (χ1) is 21.9. The maximum absolute atomic E-state index is 16.1. The van der Waals surface area contributed by atoms with Gasteiger partial charge in [0.25, 0.3) is 0 Å². The van der Waals surface area contributed by atoms with Gasteiger partial charge in [-0.15, -0.1) is 0 Å². The van der Waals surface area contributed by atoms with E-state index in [-0.39, 0.29) is 34.7 Å². The number of rotatable bonds is 9. The van der Waals surface area contributed by atoms with E-state index < -0.39 is 49.5 Å². The summed E-state index contributed by atoms with van der Waals surface area (Å²) < 4.78 is 52.3. The zero-order valence-corrected chi connectivity index (χ0v) is 28.8. The number of aliphatic hydroxyl groups is 1. The lowest BCUT2D eigenvalue weighted by atomic mass is 10.0. The predicted octanol–water partition coefficient (Wildman–Crippen LogP) is 7.25. The molecule has 0 aliphatic rings. The molecule has 0 unspecified atom stereocenters. The molecule has 0 bridgehead atoms. The number of carbonyl (C=O) groups is 2.